The number of hydrogen-bond donors (Lipinski definition) is 2. The number of alkyl halides is 1. The summed E-state index contributed by atoms with van der Waals surface area (Å²) >= 11 is 1.22. The second kappa shape index (κ2) is 11.1. The number of hydrogen-bond acceptors (Lipinski definition) is 9. The Morgan fingerprint density at radius 1 is 1.21 bits per heavy atom. The van der Waals surface area contributed by atoms with Gasteiger partial charge in [0.1, 0.15) is 12.5 Å². The van der Waals surface area contributed by atoms with Gasteiger partial charge in [0.2, 0.25) is 14.2 Å². The van der Waals surface area contributed by atoms with E-state index < -0.39 is 27.8 Å². The first-order chi connectivity index (χ1) is 18.7. The second-order valence-corrected chi connectivity index (χ2v) is 13.3. The molecule has 2 fully saturated rings. The normalized spacial score (nSPS) is 21.0. The van der Waals surface area contributed by atoms with Gasteiger partial charge in [0.25, 0.3) is 0 Å². The Balaban J connectivity index is 1.44. The van der Waals surface area contributed by atoms with E-state index in [0.717, 1.165) is 22.0 Å². The summed E-state index contributed by atoms with van der Waals surface area (Å²) in [5.41, 5.74) is 2.68. The number of halogens is 1. The highest BCUT2D eigenvalue weighted by atomic mass is 32.2. The number of sulfone groups is 1. The average molecular weight is 575 g/mol. The molecule has 3 aromatic rings. The number of benzene rings is 1. The number of thiazole rings is 1. The highest BCUT2D eigenvalue weighted by Gasteiger charge is 2.51. The number of ether oxygens (including phenoxy) is 1. The molecular weight excluding hydrogens is 543 g/mol. The van der Waals surface area contributed by atoms with Gasteiger partial charge in [-0.2, -0.15) is 0 Å². The Bertz CT molecular complexity index is 1440. The molecule has 3 atom stereocenters. The van der Waals surface area contributed by atoms with Crippen LogP contribution in [-0.4, -0.2) is 73.7 Å². The van der Waals surface area contributed by atoms with E-state index >= 15 is 0 Å². The zero-order valence-electron chi connectivity index (χ0n) is 22.0. The first-order valence-corrected chi connectivity index (χ1v) is 15.2. The summed E-state index contributed by atoms with van der Waals surface area (Å²) in [6.07, 6.45) is 0.478. The molecule has 2 aromatic heterocycles. The number of anilines is 2. The van der Waals surface area contributed by atoms with E-state index in [0.29, 0.717) is 43.4 Å². The van der Waals surface area contributed by atoms with Crippen LogP contribution >= 0.6 is 11.3 Å². The molecule has 2 unspecified atom stereocenters. The molecule has 3 heterocycles. The van der Waals surface area contributed by atoms with Crippen LogP contribution in [0.25, 0.3) is 11.4 Å². The maximum Gasteiger partial charge on any atom is 0.319 e. The van der Waals surface area contributed by atoms with Crippen LogP contribution in [-0.2, 0) is 14.6 Å². The van der Waals surface area contributed by atoms with Gasteiger partial charge in [0.15, 0.2) is 5.82 Å². The fourth-order valence-electron chi connectivity index (χ4n) is 4.55. The zero-order chi connectivity index (χ0) is 27.7. The number of aromatic nitrogens is 3. The molecule has 0 bridgehead atoms. The van der Waals surface area contributed by atoms with E-state index in [1.165, 1.54) is 11.3 Å². The van der Waals surface area contributed by atoms with Crippen LogP contribution in [0.1, 0.15) is 35.5 Å². The number of aryl methyl sites for hydroxylation is 2. The predicted octanol–water partition coefficient (Wildman–Crippen LogP) is 3.86. The number of rotatable bonds is 8. The number of carbonyl (C=O) groups excluding carboxylic acids is 1. The minimum atomic E-state index is -3.57. The van der Waals surface area contributed by atoms with Crippen LogP contribution in [0, 0.1) is 13.8 Å². The maximum atomic E-state index is 13.3. The fraction of sp³-hybridized carbons (Fsp3) is 0.462. The Morgan fingerprint density at radius 2 is 1.97 bits per heavy atom. The SMILES string of the molecule is Cc1nc(S(=O)(=O)C2CC2c2cc(N3CCOC[C@@H]3C)nc(-c3ccc(NC(=O)NCCF)cc3)n2)sc1C. The molecule has 0 radical (unpaired) electrons. The van der Waals surface area contributed by atoms with E-state index in [4.69, 9.17) is 14.7 Å². The van der Waals surface area contributed by atoms with Gasteiger partial charge in [0.05, 0.1) is 35.9 Å². The van der Waals surface area contributed by atoms with Gasteiger partial charge in [-0.25, -0.2) is 32.6 Å². The number of urea groups is 1. The van der Waals surface area contributed by atoms with Crippen molar-refractivity contribution in [3.63, 3.8) is 0 Å². The van der Waals surface area contributed by atoms with Crippen molar-refractivity contribution >= 4 is 38.7 Å². The first-order valence-electron chi connectivity index (χ1n) is 12.8. The van der Waals surface area contributed by atoms with Crippen LogP contribution in [0.2, 0.25) is 0 Å². The third kappa shape index (κ3) is 5.89. The fourth-order valence-corrected chi connectivity index (χ4v) is 7.95. The van der Waals surface area contributed by atoms with E-state index in [2.05, 4.69) is 27.4 Å². The topological polar surface area (TPSA) is 126 Å². The highest BCUT2D eigenvalue weighted by Crippen LogP contribution is 2.49. The number of nitrogens with zero attached hydrogens (tertiary/aromatic N) is 4. The van der Waals surface area contributed by atoms with Gasteiger partial charge in [-0.1, -0.05) is 0 Å². The standard InChI is InChI=1S/C26H31FN6O4S2/c1-15-14-37-11-10-33(15)23-13-21(20-12-22(20)39(35,36)26-29-16(2)17(3)38-26)31-24(32-23)18-4-6-19(7-5-18)30-25(34)28-9-8-27/h4-7,13,15,20,22H,8-12,14H2,1-3H3,(H2,28,30,34)/t15-,20?,22?/m0/s1. The Kier molecular flexibility index (Phi) is 7.83. The molecule has 1 aliphatic carbocycles. The van der Waals surface area contributed by atoms with Crippen LogP contribution in [0.4, 0.5) is 20.7 Å². The summed E-state index contributed by atoms with van der Waals surface area (Å²) in [6.45, 7) is 6.86. The second-order valence-electron chi connectivity index (χ2n) is 9.79. The van der Waals surface area contributed by atoms with Crippen molar-refractivity contribution in [3.8, 4) is 11.4 Å². The number of carbonyl (C=O) groups is 1. The smallest absolute Gasteiger partial charge is 0.319 e. The molecule has 1 saturated carbocycles. The third-order valence-corrected chi connectivity index (χ3v) is 10.6. The lowest BCUT2D eigenvalue weighted by atomic mass is 10.1. The molecule has 2 amide bonds. The summed E-state index contributed by atoms with van der Waals surface area (Å²) in [4.78, 5) is 28.9. The van der Waals surface area contributed by atoms with Crippen molar-refractivity contribution in [1.82, 2.24) is 20.3 Å². The summed E-state index contributed by atoms with van der Waals surface area (Å²) in [6, 6.07) is 8.52. The summed E-state index contributed by atoms with van der Waals surface area (Å²) in [5, 5.41) is 4.50. The number of nitrogens with one attached hydrogen (secondary N) is 2. The van der Waals surface area contributed by atoms with Crippen molar-refractivity contribution in [1.29, 1.82) is 0 Å². The van der Waals surface area contributed by atoms with Gasteiger partial charge >= 0.3 is 6.03 Å². The molecule has 1 saturated heterocycles. The largest absolute Gasteiger partial charge is 0.377 e. The molecule has 2 N–H and O–H groups in total. The molecule has 1 aliphatic heterocycles. The lowest BCUT2D eigenvalue weighted by Gasteiger charge is -2.34. The molecule has 208 valence electrons. The average Bonchev–Trinajstić information content (AvgIpc) is 3.67. The molecule has 13 heteroatoms. The minimum absolute atomic E-state index is 0.0626. The summed E-state index contributed by atoms with van der Waals surface area (Å²) in [5.74, 6) is 0.942. The van der Waals surface area contributed by atoms with E-state index in [-0.39, 0.29) is 22.8 Å². The Labute approximate surface area is 231 Å². The van der Waals surface area contributed by atoms with Crippen molar-refractivity contribution < 1.29 is 22.3 Å². The van der Waals surface area contributed by atoms with E-state index in [9.17, 15) is 17.6 Å². The zero-order valence-corrected chi connectivity index (χ0v) is 23.6. The van der Waals surface area contributed by atoms with Crippen molar-refractivity contribution in [2.45, 2.75) is 48.7 Å². The summed E-state index contributed by atoms with van der Waals surface area (Å²) < 4.78 is 44.8. The molecule has 10 nitrogen and oxygen atoms in total. The quantitative estimate of drug-likeness (QED) is 0.415. The third-order valence-electron chi connectivity index (χ3n) is 6.94. The number of amides is 2. The minimum Gasteiger partial charge on any atom is -0.377 e. The van der Waals surface area contributed by atoms with Crippen LogP contribution < -0.4 is 15.5 Å². The van der Waals surface area contributed by atoms with E-state index in [1.54, 1.807) is 24.3 Å². The lowest BCUT2D eigenvalue weighted by Crippen LogP contribution is -2.44. The number of morpholine rings is 1. The monoisotopic (exact) mass is 574 g/mol. The molecular formula is C26H31FN6O4S2. The van der Waals surface area contributed by atoms with Crippen LogP contribution in [0.15, 0.2) is 34.7 Å². The maximum absolute atomic E-state index is 13.3. The Hall–Kier alpha value is -3.16. The molecule has 5 rings (SSSR count). The highest BCUT2D eigenvalue weighted by molar-refractivity contribution is 7.94. The van der Waals surface area contributed by atoms with Gasteiger partial charge in [-0.3, -0.25) is 0 Å². The molecule has 1 aromatic carbocycles. The van der Waals surface area contributed by atoms with Crippen molar-refractivity contribution in [3.05, 3.63) is 46.6 Å². The predicted molar refractivity (Wildman–Crippen MR) is 148 cm³/mol. The first kappa shape index (κ1) is 27.4. The lowest BCUT2D eigenvalue weighted by molar-refractivity contribution is 0.0985. The van der Waals surface area contributed by atoms with Crippen molar-refractivity contribution in [2.24, 2.45) is 0 Å². The molecule has 2 aliphatic rings. The van der Waals surface area contributed by atoms with Crippen molar-refractivity contribution in [2.75, 3.05) is 43.2 Å². The van der Waals surface area contributed by atoms with E-state index in [1.807, 2.05) is 19.9 Å². The molecule has 39 heavy (non-hydrogen) atoms. The van der Waals surface area contributed by atoms with Crippen LogP contribution in [0.3, 0.4) is 0 Å². The van der Waals surface area contributed by atoms with Gasteiger partial charge < -0.3 is 20.3 Å². The summed E-state index contributed by atoms with van der Waals surface area (Å²) in [7, 11) is -3.57. The Morgan fingerprint density at radius 3 is 2.64 bits per heavy atom. The van der Waals surface area contributed by atoms with Gasteiger partial charge in [0, 0.05) is 41.2 Å². The van der Waals surface area contributed by atoms with Crippen LogP contribution in [0.5, 0.6) is 0 Å². The van der Waals surface area contributed by atoms with Gasteiger partial charge in [-0.15, -0.1) is 11.3 Å². The van der Waals surface area contributed by atoms with Gasteiger partial charge in [-0.05, 0) is 51.5 Å². The molecule has 0 spiro atoms.